The van der Waals surface area contributed by atoms with Crippen molar-refractivity contribution in [3.63, 3.8) is 0 Å². The van der Waals surface area contributed by atoms with Gasteiger partial charge in [0.05, 0.1) is 5.69 Å². The summed E-state index contributed by atoms with van der Waals surface area (Å²) < 4.78 is 62.1. The number of halogens is 4. The van der Waals surface area contributed by atoms with Gasteiger partial charge in [-0.1, -0.05) is 30.3 Å². The van der Waals surface area contributed by atoms with E-state index >= 15 is 0 Å². The van der Waals surface area contributed by atoms with Gasteiger partial charge in [-0.3, -0.25) is 9.20 Å². The van der Waals surface area contributed by atoms with E-state index in [1.54, 1.807) is 30.3 Å². The van der Waals surface area contributed by atoms with E-state index in [-0.39, 0.29) is 11.5 Å². The van der Waals surface area contributed by atoms with E-state index in [1.807, 2.05) is 0 Å². The summed E-state index contributed by atoms with van der Waals surface area (Å²) in [7, 11) is 1.39. The smallest absolute Gasteiger partial charge is 0.406 e. The van der Waals surface area contributed by atoms with Crippen LogP contribution in [0.3, 0.4) is 0 Å². The third-order valence-corrected chi connectivity index (χ3v) is 4.76. The Morgan fingerprint density at radius 2 is 1.73 bits per heavy atom. The van der Waals surface area contributed by atoms with Crippen molar-refractivity contribution in [1.29, 1.82) is 0 Å². The SMILES string of the molecule is CO[C@H](C(=O)Nc1nc2ccc(F)cn2c1-c1ccc(OC(F)(F)F)cc1)c1ccccc1. The quantitative estimate of drug-likeness (QED) is 0.394. The monoisotopic (exact) mass is 459 g/mol. The van der Waals surface area contributed by atoms with Crippen molar-refractivity contribution in [2.24, 2.45) is 0 Å². The van der Waals surface area contributed by atoms with E-state index < -0.39 is 29.9 Å². The van der Waals surface area contributed by atoms with Crippen molar-refractivity contribution in [2.75, 3.05) is 12.4 Å². The number of hydrogen-bond donors (Lipinski definition) is 1. The van der Waals surface area contributed by atoms with Gasteiger partial charge in [-0.05, 0) is 42.0 Å². The molecule has 4 rings (SSSR count). The van der Waals surface area contributed by atoms with Crippen LogP contribution in [0.5, 0.6) is 5.75 Å². The first-order valence-corrected chi connectivity index (χ1v) is 9.67. The zero-order valence-corrected chi connectivity index (χ0v) is 17.1. The molecule has 170 valence electrons. The molecule has 1 amide bonds. The van der Waals surface area contributed by atoms with Gasteiger partial charge in [-0.25, -0.2) is 9.37 Å². The minimum Gasteiger partial charge on any atom is -0.406 e. The molecule has 0 saturated carbocycles. The number of anilines is 1. The summed E-state index contributed by atoms with van der Waals surface area (Å²) in [4.78, 5) is 17.3. The van der Waals surface area contributed by atoms with Crippen LogP contribution in [-0.2, 0) is 9.53 Å². The molecule has 0 unspecified atom stereocenters. The number of carbonyl (C=O) groups is 1. The first-order chi connectivity index (χ1) is 15.7. The van der Waals surface area contributed by atoms with Gasteiger partial charge in [0.25, 0.3) is 5.91 Å². The predicted octanol–water partition coefficient (Wildman–Crippen LogP) is 5.37. The van der Waals surface area contributed by atoms with E-state index in [1.165, 1.54) is 42.0 Å². The van der Waals surface area contributed by atoms with E-state index in [2.05, 4.69) is 15.0 Å². The highest BCUT2D eigenvalue weighted by Crippen LogP contribution is 2.33. The zero-order chi connectivity index (χ0) is 23.6. The molecule has 2 aromatic carbocycles. The number of rotatable bonds is 6. The minimum atomic E-state index is -4.83. The maximum atomic E-state index is 14.0. The minimum absolute atomic E-state index is 0.0908. The van der Waals surface area contributed by atoms with Gasteiger partial charge < -0.3 is 14.8 Å². The van der Waals surface area contributed by atoms with Crippen molar-refractivity contribution in [3.8, 4) is 17.0 Å². The van der Waals surface area contributed by atoms with Crippen LogP contribution in [0.2, 0.25) is 0 Å². The molecule has 2 aromatic heterocycles. The fourth-order valence-electron chi connectivity index (χ4n) is 3.40. The summed E-state index contributed by atoms with van der Waals surface area (Å²) in [5, 5.41) is 2.69. The molecule has 0 saturated heterocycles. The first-order valence-electron chi connectivity index (χ1n) is 9.67. The molecule has 2 heterocycles. The number of nitrogens with zero attached hydrogens (tertiary/aromatic N) is 2. The lowest BCUT2D eigenvalue weighted by molar-refractivity contribution is -0.274. The number of ether oxygens (including phenoxy) is 2. The second kappa shape index (κ2) is 8.91. The lowest BCUT2D eigenvalue weighted by Crippen LogP contribution is -2.23. The molecule has 4 aromatic rings. The fraction of sp³-hybridized carbons (Fsp3) is 0.130. The molecule has 1 atom stereocenters. The molecule has 33 heavy (non-hydrogen) atoms. The van der Waals surface area contributed by atoms with Crippen molar-refractivity contribution in [3.05, 3.63) is 84.3 Å². The van der Waals surface area contributed by atoms with E-state index in [4.69, 9.17) is 4.74 Å². The number of pyridine rings is 1. The summed E-state index contributed by atoms with van der Waals surface area (Å²) >= 11 is 0. The first kappa shape index (κ1) is 22.3. The number of alkyl halides is 3. The Morgan fingerprint density at radius 3 is 2.36 bits per heavy atom. The predicted molar refractivity (Wildman–Crippen MR) is 112 cm³/mol. The van der Waals surface area contributed by atoms with Gasteiger partial charge >= 0.3 is 6.36 Å². The molecular formula is C23H17F4N3O3. The van der Waals surface area contributed by atoms with Crippen molar-refractivity contribution >= 4 is 17.4 Å². The number of fused-ring (bicyclic) bond motifs is 1. The second-order valence-electron chi connectivity index (χ2n) is 6.97. The molecule has 0 spiro atoms. The molecular weight excluding hydrogens is 442 g/mol. The standard InChI is InChI=1S/C23H17F4N3O3/c1-32-20(15-5-3-2-4-6-15)22(31)29-21-19(30-13-16(24)9-12-18(30)28-21)14-7-10-17(11-8-14)33-23(25,26)27/h2-13,20H,1H3,(H,29,31)/t20-/m0/s1. The van der Waals surface area contributed by atoms with E-state index in [0.717, 1.165) is 12.1 Å². The molecule has 1 N–H and O–H groups in total. The van der Waals surface area contributed by atoms with Crippen LogP contribution in [0.4, 0.5) is 23.4 Å². The molecule has 6 nitrogen and oxygen atoms in total. The number of aromatic nitrogens is 2. The average Bonchev–Trinajstić information content (AvgIpc) is 3.11. The van der Waals surface area contributed by atoms with E-state index in [0.29, 0.717) is 16.8 Å². The Labute approximate surface area is 185 Å². The van der Waals surface area contributed by atoms with Crippen molar-refractivity contribution in [1.82, 2.24) is 9.38 Å². The number of hydrogen-bond acceptors (Lipinski definition) is 4. The number of nitrogens with one attached hydrogen (secondary N) is 1. The number of benzene rings is 2. The molecule has 0 fully saturated rings. The molecule has 0 aliphatic rings. The topological polar surface area (TPSA) is 64.9 Å². The average molecular weight is 459 g/mol. The summed E-state index contributed by atoms with van der Waals surface area (Å²) in [6.45, 7) is 0. The lowest BCUT2D eigenvalue weighted by Gasteiger charge is -2.15. The number of imidazole rings is 1. The zero-order valence-electron chi connectivity index (χ0n) is 17.1. The molecule has 0 radical (unpaired) electrons. The van der Waals surface area contributed by atoms with Crippen LogP contribution in [0.15, 0.2) is 72.9 Å². The second-order valence-corrected chi connectivity index (χ2v) is 6.97. The Kier molecular flexibility index (Phi) is 6.01. The van der Waals surface area contributed by atoms with Crippen LogP contribution in [0, 0.1) is 5.82 Å². The highest BCUT2D eigenvalue weighted by molar-refractivity contribution is 5.97. The summed E-state index contributed by atoms with van der Waals surface area (Å²) in [5.74, 6) is -1.41. The van der Waals surface area contributed by atoms with Gasteiger partial charge in [0.15, 0.2) is 11.9 Å². The maximum absolute atomic E-state index is 14.0. The number of amides is 1. The van der Waals surface area contributed by atoms with Crippen molar-refractivity contribution < 1.29 is 31.8 Å². The Balaban J connectivity index is 1.73. The van der Waals surface area contributed by atoms with Gasteiger partial charge in [0, 0.05) is 18.9 Å². The van der Waals surface area contributed by atoms with E-state index in [9.17, 15) is 22.4 Å². The van der Waals surface area contributed by atoms with Crippen LogP contribution in [-0.4, -0.2) is 28.8 Å². The molecule has 10 heteroatoms. The van der Waals surface area contributed by atoms with Gasteiger partial charge in [0.1, 0.15) is 17.2 Å². The van der Waals surface area contributed by atoms with Crippen molar-refractivity contribution in [2.45, 2.75) is 12.5 Å². The van der Waals surface area contributed by atoms with Gasteiger partial charge in [-0.15, -0.1) is 13.2 Å². The Hall–Kier alpha value is -3.92. The van der Waals surface area contributed by atoms with Gasteiger partial charge in [-0.2, -0.15) is 0 Å². The molecule has 0 bridgehead atoms. The van der Waals surface area contributed by atoms with Crippen LogP contribution >= 0.6 is 0 Å². The summed E-state index contributed by atoms with van der Waals surface area (Å²) in [6, 6.07) is 16.4. The normalized spacial score (nSPS) is 12.5. The third kappa shape index (κ3) is 4.96. The number of carbonyl (C=O) groups excluding carboxylic acids is 1. The Bertz CT molecular complexity index is 1270. The molecule has 0 aliphatic heterocycles. The largest absolute Gasteiger partial charge is 0.573 e. The maximum Gasteiger partial charge on any atom is 0.573 e. The molecule has 0 aliphatic carbocycles. The highest BCUT2D eigenvalue weighted by atomic mass is 19.4. The third-order valence-electron chi connectivity index (χ3n) is 4.76. The fourth-order valence-corrected chi connectivity index (χ4v) is 3.40. The highest BCUT2D eigenvalue weighted by Gasteiger charge is 2.31. The van der Waals surface area contributed by atoms with Gasteiger partial charge in [0.2, 0.25) is 0 Å². The van der Waals surface area contributed by atoms with Crippen LogP contribution in [0.25, 0.3) is 16.9 Å². The van der Waals surface area contributed by atoms with Crippen LogP contribution < -0.4 is 10.1 Å². The number of methoxy groups -OCH3 is 1. The lowest BCUT2D eigenvalue weighted by atomic mass is 10.1. The van der Waals surface area contributed by atoms with Crippen LogP contribution in [0.1, 0.15) is 11.7 Å². The Morgan fingerprint density at radius 1 is 1.03 bits per heavy atom. The summed E-state index contributed by atoms with van der Waals surface area (Å²) in [6.07, 6.45) is -4.61. The summed E-state index contributed by atoms with van der Waals surface area (Å²) in [5.41, 5.74) is 1.60.